The van der Waals surface area contributed by atoms with Crippen LogP contribution < -0.4 is 0 Å². The Morgan fingerprint density at radius 1 is 1.33 bits per heavy atom. The van der Waals surface area contributed by atoms with E-state index in [2.05, 4.69) is 0 Å². The second kappa shape index (κ2) is 7.00. The summed E-state index contributed by atoms with van der Waals surface area (Å²) in [6.07, 6.45) is -0.361. The first-order valence-electron chi connectivity index (χ1n) is 7.44. The fourth-order valence-electron chi connectivity index (χ4n) is 2.65. The van der Waals surface area contributed by atoms with Gasteiger partial charge < -0.3 is 9.64 Å². The van der Waals surface area contributed by atoms with Crippen molar-refractivity contribution >= 4 is 17.5 Å². The highest BCUT2D eigenvalue weighted by molar-refractivity contribution is 6.30. The molecule has 1 fully saturated rings. The molecule has 1 unspecified atom stereocenters. The molecule has 3 rings (SSSR count). The Bertz CT molecular complexity index is 819. The Morgan fingerprint density at radius 3 is 2.92 bits per heavy atom. The Balaban J connectivity index is 1.78. The van der Waals surface area contributed by atoms with Gasteiger partial charge in [-0.25, -0.2) is 4.39 Å². The summed E-state index contributed by atoms with van der Waals surface area (Å²) in [5.74, 6) is -0.647. The topological polar surface area (TPSA) is 53.3 Å². The maximum absolute atomic E-state index is 13.3. The molecule has 0 saturated carbocycles. The van der Waals surface area contributed by atoms with Gasteiger partial charge in [0.1, 0.15) is 11.9 Å². The Hall–Kier alpha value is -2.42. The number of benzene rings is 2. The van der Waals surface area contributed by atoms with E-state index in [1.807, 2.05) is 6.07 Å². The van der Waals surface area contributed by atoms with Crippen LogP contribution in [0.2, 0.25) is 5.02 Å². The van der Waals surface area contributed by atoms with Crippen molar-refractivity contribution in [2.24, 2.45) is 0 Å². The number of ether oxygens (including phenoxy) is 1. The van der Waals surface area contributed by atoms with Gasteiger partial charge >= 0.3 is 0 Å². The van der Waals surface area contributed by atoms with Crippen molar-refractivity contribution in [1.29, 1.82) is 5.26 Å². The molecule has 0 aromatic heterocycles. The van der Waals surface area contributed by atoms with Crippen molar-refractivity contribution in [3.05, 3.63) is 70.0 Å². The van der Waals surface area contributed by atoms with Gasteiger partial charge in [0, 0.05) is 12.1 Å². The molecule has 1 aliphatic heterocycles. The lowest BCUT2D eigenvalue weighted by molar-refractivity contribution is -0.0228. The van der Waals surface area contributed by atoms with Gasteiger partial charge in [-0.05, 0) is 35.9 Å². The maximum atomic E-state index is 13.3. The van der Waals surface area contributed by atoms with E-state index in [1.165, 1.54) is 12.1 Å². The fraction of sp³-hybridized carbons (Fsp3) is 0.222. The average Bonchev–Trinajstić information content (AvgIpc) is 2.63. The molecule has 0 aliphatic carbocycles. The van der Waals surface area contributed by atoms with Crippen molar-refractivity contribution in [3.63, 3.8) is 0 Å². The van der Waals surface area contributed by atoms with Crippen LogP contribution >= 0.6 is 11.6 Å². The maximum Gasteiger partial charge on any atom is 0.254 e. The predicted molar refractivity (Wildman–Crippen MR) is 87.2 cm³/mol. The quantitative estimate of drug-likeness (QED) is 0.837. The average molecular weight is 345 g/mol. The third-order valence-electron chi connectivity index (χ3n) is 3.91. The molecule has 1 aliphatic rings. The molecule has 2 aromatic carbocycles. The molecule has 6 heteroatoms. The molecule has 0 bridgehead atoms. The zero-order chi connectivity index (χ0) is 17.1. The monoisotopic (exact) mass is 344 g/mol. The molecule has 0 radical (unpaired) electrons. The number of morpholine rings is 1. The molecule has 4 nitrogen and oxygen atoms in total. The van der Waals surface area contributed by atoms with E-state index >= 15 is 0 Å². The number of amides is 1. The summed E-state index contributed by atoms with van der Waals surface area (Å²) < 4.78 is 19.0. The van der Waals surface area contributed by atoms with Crippen molar-refractivity contribution in [1.82, 2.24) is 4.90 Å². The van der Waals surface area contributed by atoms with Crippen molar-refractivity contribution < 1.29 is 13.9 Å². The lowest BCUT2D eigenvalue weighted by atomic mass is 10.1. The highest BCUT2D eigenvalue weighted by Crippen LogP contribution is 2.27. The van der Waals surface area contributed by atoms with E-state index in [0.717, 1.165) is 5.56 Å². The van der Waals surface area contributed by atoms with Crippen molar-refractivity contribution in [3.8, 4) is 6.07 Å². The van der Waals surface area contributed by atoms with Crippen LogP contribution in [-0.4, -0.2) is 30.5 Å². The molecule has 0 N–H and O–H groups in total. The van der Waals surface area contributed by atoms with Gasteiger partial charge in [-0.2, -0.15) is 5.26 Å². The van der Waals surface area contributed by atoms with Gasteiger partial charge in [0.2, 0.25) is 0 Å². The van der Waals surface area contributed by atoms with E-state index < -0.39 is 5.82 Å². The summed E-state index contributed by atoms with van der Waals surface area (Å²) >= 11 is 5.82. The highest BCUT2D eigenvalue weighted by Gasteiger charge is 2.26. The number of nitrogens with zero attached hydrogens (tertiary/aromatic N) is 2. The molecular formula is C18H14ClFN2O2. The van der Waals surface area contributed by atoms with Crippen LogP contribution in [0.4, 0.5) is 4.39 Å². The predicted octanol–water partition coefficient (Wildman–Crippen LogP) is 3.56. The van der Waals surface area contributed by atoms with E-state index in [-0.39, 0.29) is 17.0 Å². The number of rotatable bonds is 2. The Kier molecular flexibility index (Phi) is 4.79. The summed E-state index contributed by atoms with van der Waals surface area (Å²) in [7, 11) is 0. The van der Waals surface area contributed by atoms with Crippen LogP contribution in [0.15, 0.2) is 42.5 Å². The van der Waals surface area contributed by atoms with E-state index in [9.17, 15) is 9.18 Å². The first kappa shape index (κ1) is 16.4. The fourth-order valence-corrected chi connectivity index (χ4v) is 2.84. The Labute approximate surface area is 144 Å². The second-order valence-electron chi connectivity index (χ2n) is 5.48. The summed E-state index contributed by atoms with van der Waals surface area (Å²) in [6, 6.07) is 13.0. The van der Waals surface area contributed by atoms with Gasteiger partial charge in [0.25, 0.3) is 5.91 Å². The summed E-state index contributed by atoms with van der Waals surface area (Å²) in [5.41, 5.74) is 1.63. The first-order chi connectivity index (χ1) is 11.6. The number of carbonyl (C=O) groups excluding carboxylic acids is 1. The van der Waals surface area contributed by atoms with E-state index in [1.54, 1.807) is 35.2 Å². The normalized spacial score (nSPS) is 17.4. The minimum absolute atomic E-state index is 0.0290. The number of halogens is 2. The zero-order valence-corrected chi connectivity index (χ0v) is 13.5. The van der Waals surface area contributed by atoms with Crippen LogP contribution in [0.25, 0.3) is 0 Å². The minimum atomic E-state index is -0.488. The standard InChI is InChI=1S/C18H14ClFN2O2/c19-15-9-13(4-5-16(15)20)17-11-22(6-7-24-17)18(23)14-3-1-2-12(8-14)10-21/h1-5,8-9,17H,6-7,11H2. The van der Waals surface area contributed by atoms with Crippen molar-refractivity contribution in [2.45, 2.75) is 6.10 Å². The molecule has 24 heavy (non-hydrogen) atoms. The lowest BCUT2D eigenvalue weighted by Crippen LogP contribution is -2.42. The first-order valence-corrected chi connectivity index (χ1v) is 7.82. The second-order valence-corrected chi connectivity index (χ2v) is 5.88. The molecule has 2 aromatic rings. The van der Waals surface area contributed by atoms with Gasteiger partial charge in [0.05, 0.1) is 29.8 Å². The molecule has 0 spiro atoms. The van der Waals surface area contributed by atoms with Gasteiger partial charge in [-0.1, -0.05) is 23.7 Å². The number of hydrogen-bond donors (Lipinski definition) is 0. The summed E-state index contributed by atoms with van der Waals surface area (Å²) in [6.45, 7) is 1.18. The SMILES string of the molecule is N#Cc1cccc(C(=O)N2CCOC(c3ccc(F)c(Cl)c3)C2)c1. The summed E-state index contributed by atoms with van der Waals surface area (Å²) in [5, 5.41) is 8.98. The van der Waals surface area contributed by atoms with Crippen molar-refractivity contribution in [2.75, 3.05) is 19.7 Å². The minimum Gasteiger partial charge on any atom is -0.370 e. The van der Waals surface area contributed by atoms with Gasteiger partial charge in [-0.15, -0.1) is 0 Å². The van der Waals surface area contributed by atoms with Gasteiger partial charge in [-0.3, -0.25) is 4.79 Å². The summed E-state index contributed by atoms with van der Waals surface area (Å²) in [4.78, 5) is 14.3. The molecule has 1 atom stereocenters. The number of hydrogen-bond acceptors (Lipinski definition) is 3. The van der Waals surface area contributed by atoms with E-state index in [4.69, 9.17) is 21.6 Å². The number of carbonyl (C=O) groups is 1. The number of nitriles is 1. The third kappa shape index (κ3) is 3.40. The Morgan fingerprint density at radius 2 is 2.17 bits per heavy atom. The molecule has 1 amide bonds. The van der Waals surface area contributed by atoms with Gasteiger partial charge in [0.15, 0.2) is 0 Å². The van der Waals surface area contributed by atoms with E-state index in [0.29, 0.717) is 30.8 Å². The third-order valence-corrected chi connectivity index (χ3v) is 4.20. The van der Waals surface area contributed by atoms with Crippen LogP contribution in [0.5, 0.6) is 0 Å². The molecule has 1 saturated heterocycles. The molecule has 1 heterocycles. The van der Waals surface area contributed by atoms with Crippen LogP contribution in [0.1, 0.15) is 27.6 Å². The zero-order valence-electron chi connectivity index (χ0n) is 12.7. The molecule has 122 valence electrons. The van der Waals surface area contributed by atoms with Crippen LogP contribution in [-0.2, 0) is 4.74 Å². The largest absolute Gasteiger partial charge is 0.370 e. The lowest BCUT2D eigenvalue weighted by Gasteiger charge is -2.33. The highest BCUT2D eigenvalue weighted by atomic mass is 35.5. The van der Waals surface area contributed by atoms with Crippen LogP contribution in [0, 0.1) is 17.1 Å². The smallest absolute Gasteiger partial charge is 0.254 e. The van der Waals surface area contributed by atoms with Crippen LogP contribution in [0.3, 0.4) is 0 Å². The molecular weight excluding hydrogens is 331 g/mol.